The van der Waals surface area contributed by atoms with Gasteiger partial charge in [-0.3, -0.25) is 4.79 Å². The Labute approximate surface area is 74.2 Å². The Morgan fingerprint density at radius 3 is 2.42 bits per heavy atom. The van der Waals surface area contributed by atoms with Crippen LogP contribution < -0.4 is 5.73 Å². The lowest BCUT2D eigenvalue weighted by Gasteiger charge is -1.94. The van der Waals surface area contributed by atoms with Crippen molar-refractivity contribution in [2.45, 2.75) is 4.90 Å². The Bertz CT molecular complexity index is 326. The van der Waals surface area contributed by atoms with Gasteiger partial charge in [-0.1, -0.05) is 0 Å². The quantitative estimate of drug-likeness (QED) is 0.666. The lowest BCUT2D eigenvalue weighted by molar-refractivity contribution is 0.267. The van der Waals surface area contributed by atoms with Crippen LogP contribution in [0.25, 0.3) is 0 Å². The van der Waals surface area contributed by atoms with Crippen LogP contribution >= 0.6 is 11.8 Å². The highest BCUT2D eigenvalue weighted by Gasteiger charge is 1.98. The average Bonchev–Trinajstić information content (AvgIpc) is 2.05. The number of amides is 1. The summed E-state index contributed by atoms with van der Waals surface area (Å²) in [5.41, 5.74) is 5.53. The number of rotatable bonds is 1. The molecule has 1 aromatic carbocycles. The van der Waals surface area contributed by atoms with Gasteiger partial charge in [0, 0.05) is 4.90 Å². The third-order valence-electron chi connectivity index (χ3n) is 1.20. The number of hydrogen-bond acceptors (Lipinski definition) is 3. The summed E-state index contributed by atoms with van der Waals surface area (Å²) in [7, 11) is 0. The van der Waals surface area contributed by atoms with Crippen LogP contribution in [0, 0.1) is 11.3 Å². The zero-order valence-electron chi connectivity index (χ0n) is 6.15. The number of nitrogens with two attached hydrogens (primary N) is 1. The van der Waals surface area contributed by atoms with Crippen LogP contribution in [-0.2, 0) is 0 Å². The van der Waals surface area contributed by atoms with E-state index in [4.69, 9.17) is 11.0 Å². The van der Waals surface area contributed by atoms with E-state index in [0.29, 0.717) is 5.56 Å². The molecule has 0 aliphatic carbocycles. The number of nitrogens with zero attached hydrogens (tertiary/aromatic N) is 1. The van der Waals surface area contributed by atoms with E-state index < -0.39 is 5.24 Å². The highest BCUT2D eigenvalue weighted by atomic mass is 32.2. The molecular formula is C8H6N2OS. The van der Waals surface area contributed by atoms with E-state index in [2.05, 4.69) is 0 Å². The Morgan fingerprint density at radius 2 is 2.00 bits per heavy atom. The third kappa shape index (κ3) is 2.29. The summed E-state index contributed by atoms with van der Waals surface area (Å²) < 4.78 is 0. The minimum absolute atomic E-state index is 0.445. The first-order valence-corrected chi connectivity index (χ1v) is 4.01. The highest BCUT2D eigenvalue weighted by Crippen LogP contribution is 2.17. The van der Waals surface area contributed by atoms with Crippen molar-refractivity contribution in [3.8, 4) is 6.07 Å². The molecule has 0 spiro atoms. The van der Waals surface area contributed by atoms with Crippen LogP contribution in [-0.4, -0.2) is 5.24 Å². The van der Waals surface area contributed by atoms with Gasteiger partial charge in [-0.15, -0.1) is 0 Å². The van der Waals surface area contributed by atoms with Crippen LogP contribution in [0.15, 0.2) is 29.2 Å². The van der Waals surface area contributed by atoms with E-state index in [1.165, 1.54) is 0 Å². The molecule has 0 fully saturated rings. The SMILES string of the molecule is N#Cc1ccc(SC(N)=O)cc1. The lowest BCUT2D eigenvalue weighted by Crippen LogP contribution is -2.01. The van der Waals surface area contributed by atoms with Gasteiger partial charge in [0.15, 0.2) is 0 Å². The van der Waals surface area contributed by atoms with E-state index in [-0.39, 0.29) is 0 Å². The number of carbonyl (C=O) groups excluding carboxylic acids is 1. The van der Waals surface area contributed by atoms with Gasteiger partial charge >= 0.3 is 0 Å². The fourth-order valence-corrected chi connectivity index (χ4v) is 1.22. The zero-order chi connectivity index (χ0) is 8.97. The van der Waals surface area contributed by atoms with Crippen molar-refractivity contribution in [2.24, 2.45) is 5.73 Å². The van der Waals surface area contributed by atoms with Gasteiger partial charge in [-0.25, -0.2) is 0 Å². The normalized spacial score (nSPS) is 8.92. The molecule has 0 saturated carbocycles. The van der Waals surface area contributed by atoms with E-state index in [9.17, 15) is 4.79 Å². The van der Waals surface area contributed by atoms with Gasteiger partial charge in [0.05, 0.1) is 11.6 Å². The summed E-state index contributed by atoms with van der Waals surface area (Å²) in [5, 5.41) is 8.02. The van der Waals surface area contributed by atoms with Gasteiger partial charge in [0.1, 0.15) is 0 Å². The van der Waals surface area contributed by atoms with E-state index in [1.807, 2.05) is 6.07 Å². The second kappa shape index (κ2) is 3.79. The molecule has 0 heterocycles. The third-order valence-corrected chi connectivity index (χ3v) is 1.91. The molecule has 4 heteroatoms. The summed E-state index contributed by atoms with van der Waals surface area (Å²) in [5.74, 6) is 0. The first kappa shape index (κ1) is 8.62. The largest absolute Gasteiger partial charge is 0.360 e. The van der Waals surface area contributed by atoms with Crippen LogP contribution in [0.5, 0.6) is 0 Å². The van der Waals surface area contributed by atoms with Crippen molar-refractivity contribution in [1.82, 2.24) is 0 Å². The molecule has 0 unspecified atom stereocenters. The molecule has 0 aromatic heterocycles. The summed E-state index contributed by atoms with van der Waals surface area (Å²) in [4.78, 5) is 11.2. The Morgan fingerprint density at radius 1 is 1.42 bits per heavy atom. The molecule has 0 bridgehead atoms. The number of hydrogen-bond donors (Lipinski definition) is 1. The van der Waals surface area contributed by atoms with E-state index in [1.54, 1.807) is 24.3 Å². The first-order valence-electron chi connectivity index (χ1n) is 3.20. The molecule has 1 amide bonds. The predicted molar refractivity (Wildman–Crippen MR) is 46.6 cm³/mol. The fourth-order valence-electron chi connectivity index (χ4n) is 0.714. The fraction of sp³-hybridized carbons (Fsp3) is 0. The maximum atomic E-state index is 10.4. The number of nitriles is 1. The molecule has 0 radical (unpaired) electrons. The molecular weight excluding hydrogens is 172 g/mol. The van der Waals surface area contributed by atoms with Gasteiger partial charge in [0.2, 0.25) is 0 Å². The average molecular weight is 178 g/mol. The monoisotopic (exact) mass is 178 g/mol. The standard InChI is InChI=1S/C8H6N2OS/c9-5-6-1-3-7(4-2-6)12-8(10)11/h1-4H,(H2,10,11). The van der Waals surface area contributed by atoms with Crippen LogP contribution in [0.4, 0.5) is 4.79 Å². The van der Waals surface area contributed by atoms with Crippen molar-refractivity contribution in [2.75, 3.05) is 0 Å². The predicted octanol–water partition coefficient (Wildman–Crippen LogP) is 1.73. The molecule has 0 aliphatic rings. The molecule has 1 rings (SSSR count). The Balaban J connectivity index is 2.80. The van der Waals surface area contributed by atoms with Crippen molar-refractivity contribution in [3.05, 3.63) is 29.8 Å². The lowest BCUT2D eigenvalue weighted by atomic mass is 10.2. The van der Waals surface area contributed by atoms with Crippen LogP contribution in [0.1, 0.15) is 5.56 Å². The molecule has 0 aliphatic heterocycles. The van der Waals surface area contributed by atoms with E-state index >= 15 is 0 Å². The first-order chi connectivity index (χ1) is 5.72. The second-order valence-corrected chi connectivity index (χ2v) is 3.14. The number of benzene rings is 1. The van der Waals surface area contributed by atoms with E-state index in [0.717, 1.165) is 16.7 Å². The molecule has 2 N–H and O–H groups in total. The molecule has 3 nitrogen and oxygen atoms in total. The summed E-state index contributed by atoms with van der Waals surface area (Å²) in [6, 6.07) is 8.65. The molecule has 12 heavy (non-hydrogen) atoms. The number of primary amides is 1. The van der Waals surface area contributed by atoms with Crippen LogP contribution in [0.2, 0.25) is 0 Å². The van der Waals surface area contributed by atoms with Gasteiger partial charge < -0.3 is 5.73 Å². The Hall–Kier alpha value is -1.47. The molecule has 60 valence electrons. The maximum absolute atomic E-state index is 10.4. The highest BCUT2D eigenvalue weighted by molar-refractivity contribution is 8.13. The number of thioether (sulfide) groups is 1. The summed E-state index contributed by atoms with van der Waals surface area (Å²) >= 11 is 0.947. The molecule has 0 saturated heterocycles. The molecule has 0 atom stereocenters. The minimum atomic E-state index is -0.445. The van der Waals surface area contributed by atoms with Crippen molar-refractivity contribution < 1.29 is 4.79 Å². The smallest absolute Gasteiger partial charge is 0.281 e. The second-order valence-electron chi connectivity index (χ2n) is 2.06. The molecule has 1 aromatic rings. The zero-order valence-corrected chi connectivity index (χ0v) is 6.97. The van der Waals surface area contributed by atoms with Crippen LogP contribution in [0.3, 0.4) is 0 Å². The topological polar surface area (TPSA) is 66.9 Å². The number of carbonyl (C=O) groups is 1. The van der Waals surface area contributed by atoms with Gasteiger partial charge in [0.25, 0.3) is 5.24 Å². The van der Waals surface area contributed by atoms with Crippen molar-refractivity contribution in [3.63, 3.8) is 0 Å². The minimum Gasteiger partial charge on any atom is -0.360 e. The summed E-state index contributed by atoms with van der Waals surface area (Å²) in [6.45, 7) is 0. The van der Waals surface area contributed by atoms with Crippen molar-refractivity contribution in [1.29, 1.82) is 5.26 Å². The van der Waals surface area contributed by atoms with Gasteiger partial charge in [-0.2, -0.15) is 5.26 Å². The Kier molecular flexibility index (Phi) is 2.72. The van der Waals surface area contributed by atoms with Crippen molar-refractivity contribution >= 4 is 17.0 Å². The van der Waals surface area contributed by atoms with Gasteiger partial charge in [-0.05, 0) is 36.0 Å². The summed E-state index contributed by atoms with van der Waals surface area (Å²) in [6.07, 6.45) is 0. The maximum Gasteiger partial charge on any atom is 0.281 e.